The number of hydrogen-bond donors (Lipinski definition) is 1. The molecule has 0 radical (unpaired) electrons. The number of nitrogens with zero attached hydrogens (tertiary/aromatic N) is 2. The molecule has 0 amide bonds. The van der Waals surface area contributed by atoms with Crippen molar-refractivity contribution in [1.82, 2.24) is 9.97 Å². The quantitative estimate of drug-likeness (QED) is 0.907. The van der Waals surface area contributed by atoms with E-state index in [1.165, 1.54) is 7.11 Å². The molecule has 0 saturated heterocycles. The van der Waals surface area contributed by atoms with E-state index in [1.54, 1.807) is 24.3 Å². The van der Waals surface area contributed by atoms with Crippen LogP contribution in [0.25, 0.3) is 11.3 Å². The summed E-state index contributed by atoms with van der Waals surface area (Å²) in [4.78, 5) is 7.68. The van der Waals surface area contributed by atoms with Crippen LogP contribution in [0.4, 0.5) is 19.1 Å². The smallest absolute Gasteiger partial charge is 0.433 e. The highest BCUT2D eigenvalue weighted by atomic mass is 19.4. The topological polar surface area (TPSA) is 47.0 Å². The molecule has 2 aromatic rings. The lowest BCUT2D eigenvalue weighted by Crippen LogP contribution is -2.13. The molecular weight excluding hydrogens is 295 g/mol. The van der Waals surface area contributed by atoms with Crippen LogP contribution in [0.5, 0.6) is 5.75 Å². The summed E-state index contributed by atoms with van der Waals surface area (Å²) in [6, 6.07) is 7.60. The number of halogens is 3. The largest absolute Gasteiger partial charge is 0.497 e. The summed E-state index contributed by atoms with van der Waals surface area (Å²) < 4.78 is 43.9. The molecule has 7 heteroatoms. The fourth-order valence-corrected chi connectivity index (χ4v) is 1.82. The molecule has 0 unspecified atom stereocenters. The fraction of sp³-hybridized carbons (Fsp3) is 0.333. The van der Waals surface area contributed by atoms with Crippen LogP contribution in [0.2, 0.25) is 0 Å². The van der Waals surface area contributed by atoms with E-state index in [9.17, 15) is 13.2 Å². The van der Waals surface area contributed by atoms with E-state index in [0.717, 1.165) is 12.5 Å². The van der Waals surface area contributed by atoms with Crippen molar-refractivity contribution in [2.24, 2.45) is 0 Å². The molecule has 0 aliphatic carbocycles. The second kappa shape index (κ2) is 6.64. The molecule has 0 bridgehead atoms. The molecule has 118 valence electrons. The molecule has 0 saturated carbocycles. The van der Waals surface area contributed by atoms with Gasteiger partial charge in [0, 0.05) is 12.1 Å². The summed E-state index contributed by atoms with van der Waals surface area (Å²) in [5, 5.41) is 2.79. The molecule has 0 spiro atoms. The molecule has 0 aliphatic rings. The van der Waals surface area contributed by atoms with Crippen molar-refractivity contribution >= 4 is 5.95 Å². The van der Waals surface area contributed by atoms with Crippen LogP contribution in [-0.2, 0) is 6.18 Å². The van der Waals surface area contributed by atoms with Crippen molar-refractivity contribution in [3.05, 3.63) is 36.0 Å². The molecule has 0 atom stereocenters. The first-order valence-electron chi connectivity index (χ1n) is 6.78. The van der Waals surface area contributed by atoms with Crippen LogP contribution >= 0.6 is 0 Å². The zero-order valence-corrected chi connectivity index (χ0v) is 12.2. The predicted octanol–water partition coefficient (Wildman–Crippen LogP) is 3.99. The Labute approximate surface area is 126 Å². The van der Waals surface area contributed by atoms with Crippen LogP contribution < -0.4 is 10.1 Å². The maximum absolute atomic E-state index is 13.0. The predicted molar refractivity (Wildman–Crippen MR) is 77.8 cm³/mol. The van der Waals surface area contributed by atoms with E-state index in [0.29, 0.717) is 17.9 Å². The lowest BCUT2D eigenvalue weighted by atomic mass is 10.1. The summed E-state index contributed by atoms with van der Waals surface area (Å²) in [5.41, 5.74) is -0.191. The zero-order chi connectivity index (χ0) is 16.2. The third-order valence-electron chi connectivity index (χ3n) is 2.94. The molecule has 1 aromatic carbocycles. The van der Waals surface area contributed by atoms with Gasteiger partial charge in [-0.2, -0.15) is 13.2 Å². The van der Waals surface area contributed by atoms with Crippen molar-refractivity contribution in [2.75, 3.05) is 19.0 Å². The van der Waals surface area contributed by atoms with Gasteiger partial charge in [-0.25, -0.2) is 9.97 Å². The van der Waals surface area contributed by atoms with Gasteiger partial charge in [-0.15, -0.1) is 0 Å². The lowest BCUT2D eigenvalue weighted by molar-refractivity contribution is -0.141. The first-order valence-corrected chi connectivity index (χ1v) is 6.78. The number of hydrogen-bond acceptors (Lipinski definition) is 4. The molecule has 1 aromatic heterocycles. The SMILES string of the molecule is CCCNc1nc(-c2ccc(OC)cc2)cc(C(F)(F)F)n1. The molecule has 1 N–H and O–H groups in total. The molecule has 1 heterocycles. The summed E-state index contributed by atoms with van der Waals surface area (Å²) in [5.74, 6) is 0.598. The van der Waals surface area contributed by atoms with Gasteiger partial charge in [0.2, 0.25) is 5.95 Å². The molecule has 2 rings (SSSR count). The third-order valence-corrected chi connectivity index (χ3v) is 2.94. The van der Waals surface area contributed by atoms with Gasteiger partial charge >= 0.3 is 6.18 Å². The van der Waals surface area contributed by atoms with Crippen LogP contribution in [-0.4, -0.2) is 23.6 Å². The van der Waals surface area contributed by atoms with Gasteiger partial charge in [0.05, 0.1) is 12.8 Å². The number of ether oxygens (including phenoxy) is 1. The van der Waals surface area contributed by atoms with Crippen molar-refractivity contribution in [3.8, 4) is 17.0 Å². The van der Waals surface area contributed by atoms with E-state index < -0.39 is 11.9 Å². The van der Waals surface area contributed by atoms with Gasteiger partial charge in [0.1, 0.15) is 5.75 Å². The number of alkyl halides is 3. The minimum atomic E-state index is -4.52. The van der Waals surface area contributed by atoms with Crippen molar-refractivity contribution in [3.63, 3.8) is 0 Å². The van der Waals surface area contributed by atoms with Gasteiger partial charge in [0.15, 0.2) is 5.69 Å². The first-order chi connectivity index (χ1) is 10.4. The van der Waals surface area contributed by atoms with E-state index in [4.69, 9.17) is 4.74 Å². The number of methoxy groups -OCH3 is 1. The van der Waals surface area contributed by atoms with Gasteiger partial charge in [0.25, 0.3) is 0 Å². The summed E-state index contributed by atoms with van der Waals surface area (Å²) in [6.45, 7) is 2.41. The average Bonchev–Trinajstić information content (AvgIpc) is 2.52. The van der Waals surface area contributed by atoms with Crippen LogP contribution in [0.15, 0.2) is 30.3 Å². The highest BCUT2D eigenvalue weighted by Gasteiger charge is 2.33. The lowest BCUT2D eigenvalue weighted by Gasteiger charge is -2.11. The molecular formula is C15H16F3N3O. The van der Waals surface area contributed by atoms with Gasteiger partial charge < -0.3 is 10.1 Å². The van der Waals surface area contributed by atoms with E-state index in [1.807, 2.05) is 6.92 Å². The number of rotatable bonds is 5. The second-order valence-electron chi connectivity index (χ2n) is 4.62. The Morgan fingerprint density at radius 3 is 2.36 bits per heavy atom. The number of benzene rings is 1. The Morgan fingerprint density at radius 1 is 1.14 bits per heavy atom. The average molecular weight is 311 g/mol. The first kappa shape index (κ1) is 16.1. The van der Waals surface area contributed by atoms with Crippen LogP contribution in [0, 0.1) is 0 Å². The maximum Gasteiger partial charge on any atom is 0.433 e. The van der Waals surface area contributed by atoms with Gasteiger partial charge in [-0.3, -0.25) is 0 Å². The third kappa shape index (κ3) is 3.87. The Morgan fingerprint density at radius 2 is 1.82 bits per heavy atom. The van der Waals surface area contributed by atoms with E-state index in [2.05, 4.69) is 15.3 Å². The minimum Gasteiger partial charge on any atom is -0.497 e. The van der Waals surface area contributed by atoms with Gasteiger partial charge in [-0.05, 0) is 36.8 Å². The Balaban J connectivity index is 2.43. The molecule has 0 aliphatic heterocycles. The normalized spacial score (nSPS) is 11.3. The standard InChI is InChI=1S/C15H16F3N3O/c1-3-8-19-14-20-12(9-13(21-14)15(16,17)18)10-4-6-11(22-2)7-5-10/h4-7,9H,3,8H2,1-2H3,(H,19,20,21). The highest BCUT2D eigenvalue weighted by Crippen LogP contribution is 2.31. The summed E-state index contributed by atoms with van der Waals surface area (Å²) in [6.07, 6.45) is -3.76. The molecule has 4 nitrogen and oxygen atoms in total. The molecule has 22 heavy (non-hydrogen) atoms. The maximum atomic E-state index is 13.0. The van der Waals surface area contributed by atoms with Crippen molar-refractivity contribution in [2.45, 2.75) is 19.5 Å². The summed E-state index contributed by atoms with van der Waals surface area (Å²) in [7, 11) is 1.52. The van der Waals surface area contributed by atoms with E-state index in [-0.39, 0.29) is 11.6 Å². The Bertz CT molecular complexity index is 627. The summed E-state index contributed by atoms with van der Waals surface area (Å²) >= 11 is 0. The second-order valence-corrected chi connectivity index (χ2v) is 4.62. The van der Waals surface area contributed by atoms with Crippen LogP contribution in [0.3, 0.4) is 0 Å². The Hall–Kier alpha value is -2.31. The van der Waals surface area contributed by atoms with Crippen molar-refractivity contribution < 1.29 is 17.9 Å². The number of anilines is 1. The van der Waals surface area contributed by atoms with Crippen molar-refractivity contribution in [1.29, 1.82) is 0 Å². The minimum absolute atomic E-state index is 0.0255. The monoisotopic (exact) mass is 311 g/mol. The fourth-order valence-electron chi connectivity index (χ4n) is 1.82. The number of nitrogens with one attached hydrogen (secondary N) is 1. The van der Waals surface area contributed by atoms with E-state index >= 15 is 0 Å². The zero-order valence-electron chi connectivity index (χ0n) is 12.2. The van der Waals surface area contributed by atoms with Crippen LogP contribution in [0.1, 0.15) is 19.0 Å². The Kier molecular flexibility index (Phi) is 4.85. The molecule has 0 fully saturated rings. The van der Waals surface area contributed by atoms with Gasteiger partial charge in [-0.1, -0.05) is 6.92 Å². The highest BCUT2D eigenvalue weighted by molar-refractivity contribution is 5.62. The number of aromatic nitrogens is 2.